The Balaban J connectivity index is 3.10. The van der Waals surface area contributed by atoms with Crippen LogP contribution in [0.2, 0.25) is 0 Å². The van der Waals surface area contributed by atoms with E-state index in [1.807, 2.05) is 6.07 Å². The topological polar surface area (TPSA) is 42.0 Å². The van der Waals surface area contributed by atoms with Crippen molar-refractivity contribution >= 4 is 11.6 Å². The molecule has 0 spiro atoms. The van der Waals surface area contributed by atoms with Gasteiger partial charge in [0, 0.05) is 13.1 Å². The first-order valence-corrected chi connectivity index (χ1v) is 4.63. The first-order valence-electron chi connectivity index (χ1n) is 4.63. The number of aromatic nitrogens is 1. The zero-order valence-electron chi connectivity index (χ0n) is 9.09. The van der Waals surface area contributed by atoms with Gasteiger partial charge in [-0.15, -0.1) is 0 Å². The maximum absolute atomic E-state index is 11.0. The zero-order chi connectivity index (χ0) is 10.8. The lowest BCUT2D eigenvalue weighted by atomic mass is 9.86. The van der Waals surface area contributed by atoms with E-state index in [-0.39, 0.29) is 11.3 Å². The van der Waals surface area contributed by atoms with Crippen molar-refractivity contribution in [2.45, 2.75) is 33.1 Å². The van der Waals surface area contributed by atoms with E-state index in [1.54, 1.807) is 12.4 Å². The summed E-state index contributed by atoms with van der Waals surface area (Å²) in [6, 6.07) is 1.94. The van der Waals surface area contributed by atoms with Gasteiger partial charge in [-0.25, -0.2) is 0 Å². The summed E-state index contributed by atoms with van der Waals surface area (Å²) in [6.07, 6.45) is 3.42. The molecule has 0 unspecified atom stereocenters. The number of amides is 1. The third kappa shape index (κ3) is 2.55. The highest BCUT2D eigenvalue weighted by atomic mass is 16.1. The normalized spacial score (nSPS) is 11.1. The zero-order valence-corrected chi connectivity index (χ0v) is 9.09. The molecule has 0 atom stereocenters. The molecule has 0 aliphatic heterocycles. The summed E-state index contributed by atoms with van der Waals surface area (Å²) < 4.78 is 0. The molecular weight excluding hydrogens is 176 g/mol. The minimum atomic E-state index is -0.0662. The summed E-state index contributed by atoms with van der Waals surface area (Å²) in [6.45, 7) is 7.81. The molecule has 1 aromatic heterocycles. The van der Waals surface area contributed by atoms with E-state index >= 15 is 0 Å². The Kier molecular flexibility index (Phi) is 2.89. The average molecular weight is 192 g/mol. The van der Waals surface area contributed by atoms with E-state index in [9.17, 15) is 4.79 Å². The summed E-state index contributed by atoms with van der Waals surface area (Å²) >= 11 is 0. The summed E-state index contributed by atoms with van der Waals surface area (Å²) in [5.41, 5.74) is 1.91. The van der Waals surface area contributed by atoms with E-state index < -0.39 is 0 Å². The van der Waals surface area contributed by atoms with Crippen LogP contribution < -0.4 is 5.32 Å². The fourth-order valence-corrected chi connectivity index (χ4v) is 1.34. The summed E-state index contributed by atoms with van der Waals surface area (Å²) in [5.74, 6) is -0.0662. The van der Waals surface area contributed by atoms with Crippen LogP contribution in [0.25, 0.3) is 0 Å². The number of anilines is 1. The van der Waals surface area contributed by atoms with Gasteiger partial charge in [0.2, 0.25) is 5.91 Å². The van der Waals surface area contributed by atoms with Gasteiger partial charge in [-0.1, -0.05) is 20.8 Å². The van der Waals surface area contributed by atoms with Crippen molar-refractivity contribution in [3.05, 3.63) is 24.0 Å². The highest BCUT2D eigenvalue weighted by Gasteiger charge is 2.17. The van der Waals surface area contributed by atoms with Crippen molar-refractivity contribution in [2.75, 3.05) is 5.32 Å². The molecule has 0 aromatic carbocycles. The second-order valence-corrected chi connectivity index (χ2v) is 4.35. The van der Waals surface area contributed by atoms with Crippen molar-refractivity contribution in [1.82, 2.24) is 4.98 Å². The predicted molar refractivity (Wildman–Crippen MR) is 57.2 cm³/mol. The minimum Gasteiger partial charge on any atom is -0.325 e. The van der Waals surface area contributed by atoms with Gasteiger partial charge in [0.05, 0.1) is 11.9 Å². The Morgan fingerprint density at radius 2 is 2.07 bits per heavy atom. The number of hydrogen-bond acceptors (Lipinski definition) is 2. The lowest BCUT2D eigenvalue weighted by Crippen LogP contribution is -2.17. The molecule has 1 heterocycles. The molecule has 76 valence electrons. The quantitative estimate of drug-likeness (QED) is 0.742. The highest BCUT2D eigenvalue weighted by molar-refractivity contribution is 5.89. The molecule has 0 saturated heterocycles. The predicted octanol–water partition coefficient (Wildman–Crippen LogP) is 2.34. The van der Waals surface area contributed by atoms with Crippen molar-refractivity contribution < 1.29 is 4.79 Å². The van der Waals surface area contributed by atoms with Gasteiger partial charge in [0.15, 0.2) is 0 Å². The van der Waals surface area contributed by atoms with Gasteiger partial charge in [-0.3, -0.25) is 9.78 Å². The molecule has 1 aromatic rings. The summed E-state index contributed by atoms with van der Waals surface area (Å²) in [4.78, 5) is 15.0. The molecule has 1 N–H and O–H groups in total. The maximum Gasteiger partial charge on any atom is 0.221 e. The van der Waals surface area contributed by atoms with Crippen LogP contribution in [0.3, 0.4) is 0 Å². The van der Waals surface area contributed by atoms with Crippen LogP contribution in [0.1, 0.15) is 33.3 Å². The number of carbonyl (C=O) groups is 1. The molecule has 0 fully saturated rings. The Hall–Kier alpha value is -1.38. The van der Waals surface area contributed by atoms with E-state index in [2.05, 4.69) is 31.1 Å². The number of nitrogens with zero attached hydrogens (tertiary/aromatic N) is 1. The van der Waals surface area contributed by atoms with Gasteiger partial charge >= 0.3 is 0 Å². The lowest BCUT2D eigenvalue weighted by Gasteiger charge is -2.22. The number of hydrogen-bond donors (Lipinski definition) is 1. The van der Waals surface area contributed by atoms with Gasteiger partial charge in [-0.05, 0) is 17.0 Å². The molecule has 0 aliphatic rings. The largest absolute Gasteiger partial charge is 0.325 e. The molecule has 3 heteroatoms. The molecule has 0 saturated carbocycles. The van der Waals surface area contributed by atoms with Crippen LogP contribution in [0.4, 0.5) is 5.69 Å². The number of rotatable bonds is 1. The van der Waals surface area contributed by atoms with Gasteiger partial charge in [0.25, 0.3) is 0 Å². The van der Waals surface area contributed by atoms with Crippen molar-refractivity contribution in [1.29, 1.82) is 0 Å². The van der Waals surface area contributed by atoms with Crippen LogP contribution in [-0.2, 0) is 10.2 Å². The van der Waals surface area contributed by atoms with Crippen LogP contribution in [0, 0.1) is 0 Å². The van der Waals surface area contributed by atoms with Crippen LogP contribution in [0.5, 0.6) is 0 Å². The standard InChI is InChI=1S/C11H16N2O/c1-8(14)13-10-7-12-6-5-9(10)11(2,3)4/h5-7H,1-4H3,(H,13,14). The minimum absolute atomic E-state index is 0.0146. The summed E-state index contributed by atoms with van der Waals surface area (Å²) in [5, 5.41) is 2.78. The molecule has 3 nitrogen and oxygen atoms in total. The van der Waals surface area contributed by atoms with Gasteiger partial charge < -0.3 is 5.32 Å². The highest BCUT2D eigenvalue weighted by Crippen LogP contribution is 2.28. The monoisotopic (exact) mass is 192 g/mol. The second kappa shape index (κ2) is 3.78. The second-order valence-electron chi connectivity index (χ2n) is 4.35. The number of carbonyl (C=O) groups excluding carboxylic acids is 1. The lowest BCUT2D eigenvalue weighted by molar-refractivity contribution is -0.114. The van der Waals surface area contributed by atoms with Crippen molar-refractivity contribution in [3.8, 4) is 0 Å². The fraction of sp³-hybridized carbons (Fsp3) is 0.455. The summed E-state index contributed by atoms with van der Waals surface area (Å²) in [7, 11) is 0. The molecule has 1 amide bonds. The Bertz CT molecular complexity index is 339. The molecule has 1 rings (SSSR count). The Labute approximate surface area is 84.6 Å². The molecule has 14 heavy (non-hydrogen) atoms. The first kappa shape index (κ1) is 10.7. The van der Waals surface area contributed by atoms with E-state index in [4.69, 9.17) is 0 Å². The Morgan fingerprint density at radius 3 is 2.57 bits per heavy atom. The maximum atomic E-state index is 11.0. The van der Waals surface area contributed by atoms with E-state index in [1.165, 1.54) is 6.92 Å². The Morgan fingerprint density at radius 1 is 1.43 bits per heavy atom. The third-order valence-corrected chi connectivity index (χ3v) is 1.94. The molecule has 0 bridgehead atoms. The fourth-order valence-electron chi connectivity index (χ4n) is 1.34. The van der Waals surface area contributed by atoms with Crippen molar-refractivity contribution in [3.63, 3.8) is 0 Å². The number of pyridine rings is 1. The van der Waals surface area contributed by atoms with E-state index in [0.717, 1.165) is 11.3 Å². The van der Waals surface area contributed by atoms with Gasteiger partial charge in [0.1, 0.15) is 0 Å². The smallest absolute Gasteiger partial charge is 0.221 e. The van der Waals surface area contributed by atoms with E-state index in [0.29, 0.717) is 0 Å². The van der Waals surface area contributed by atoms with Crippen LogP contribution in [0.15, 0.2) is 18.5 Å². The van der Waals surface area contributed by atoms with Crippen LogP contribution in [-0.4, -0.2) is 10.9 Å². The van der Waals surface area contributed by atoms with Gasteiger partial charge in [-0.2, -0.15) is 0 Å². The van der Waals surface area contributed by atoms with Crippen LogP contribution >= 0.6 is 0 Å². The molecular formula is C11H16N2O. The molecule has 0 radical (unpaired) electrons. The third-order valence-electron chi connectivity index (χ3n) is 1.94. The molecule has 0 aliphatic carbocycles. The van der Waals surface area contributed by atoms with Crippen molar-refractivity contribution in [2.24, 2.45) is 0 Å². The average Bonchev–Trinajstić information content (AvgIpc) is 2.01. The first-order chi connectivity index (χ1) is 6.41. The SMILES string of the molecule is CC(=O)Nc1cnccc1C(C)(C)C. The number of nitrogens with one attached hydrogen (secondary N) is 1.